The summed E-state index contributed by atoms with van der Waals surface area (Å²) in [6.45, 7) is 7.03. The minimum atomic E-state index is -0.530. The highest BCUT2D eigenvalue weighted by molar-refractivity contribution is 6.13. The van der Waals surface area contributed by atoms with Crippen molar-refractivity contribution in [1.82, 2.24) is 30.3 Å². The number of aromatic nitrogens is 6. The normalized spacial score (nSPS) is 11.3. The van der Waals surface area contributed by atoms with Crippen molar-refractivity contribution < 1.29 is 18.1 Å². The minimum absolute atomic E-state index is 0.113. The number of nitrogens with zero attached hydrogens (tertiary/aromatic N) is 6. The van der Waals surface area contributed by atoms with Gasteiger partial charge in [-0.25, -0.2) is 9.37 Å². The molecule has 0 bridgehead atoms. The third-order valence-electron chi connectivity index (χ3n) is 5.24. The van der Waals surface area contributed by atoms with E-state index in [1.807, 2.05) is 19.9 Å². The first-order valence-electron chi connectivity index (χ1n) is 10.0. The van der Waals surface area contributed by atoms with Crippen LogP contribution in [-0.2, 0) is 0 Å². The van der Waals surface area contributed by atoms with E-state index in [4.69, 9.17) is 8.94 Å². The molecule has 0 fully saturated rings. The van der Waals surface area contributed by atoms with Crippen LogP contribution in [0.2, 0.25) is 0 Å². The molecular weight excluding hydrogens is 429 g/mol. The van der Waals surface area contributed by atoms with Gasteiger partial charge in [-0.15, -0.1) is 5.10 Å². The second-order valence-electron chi connectivity index (χ2n) is 7.59. The standard InChI is InChI=1S/C22H18FN7O3/c1-10-7-15(12(3)32-10)18-9-16(20-11(2)27-33-22(20)25-18)21(31)24-14-5-6-17(23)19(8-14)30-13(4)26-28-29-30/h5-9H,1-4H3,(H,24,31). The van der Waals surface area contributed by atoms with E-state index in [2.05, 4.69) is 31.0 Å². The first-order chi connectivity index (χ1) is 15.8. The number of furan rings is 1. The van der Waals surface area contributed by atoms with Gasteiger partial charge in [0.15, 0.2) is 5.82 Å². The van der Waals surface area contributed by atoms with Crippen molar-refractivity contribution >= 4 is 22.7 Å². The minimum Gasteiger partial charge on any atom is -0.466 e. The monoisotopic (exact) mass is 447 g/mol. The summed E-state index contributed by atoms with van der Waals surface area (Å²) < 4.78 is 26.6. The molecule has 33 heavy (non-hydrogen) atoms. The lowest BCUT2D eigenvalue weighted by molar-refractivity contribution is 0.102. The van der Waals surface area contributed by atoms with Crippen LogP contribution >= 0.6 is 0 Å². The van der Waals surface area contributed by atoms with Crippen LogP contribution in [0.5, 0.6) is 0 Å². The molecule has 0 aliphatic heterocycles. The van der Waals surface area contributed by atoms with Gasteiger partial charge >= 0.3 is 0 Å². The van der Waals surface area contributed by atoms with E-state index in [1.54, 1.807) is 19.9 Å². The molecule has 4 heterocycles. The molecule has 1 amide bonds. The van der Waals surface area contributed by atoms with Crippen molar-refractivity contribution in [3.8, 4) is 16.9 Å². The average molecular weight is 447 g/mol. The van der Waals surface area contributed by atoms with E-state index in [0.29, 0.717) is 39.6 Å². The predicted octanol–water partition coefficient (Wildman–Crippen LogP) is 4.08. The number of anilines is 1. The van der Waals surface area contributed by atoms with Gasteiger partial charge in [0, 0.05) is 11.3 Å². The van der Waals surface area contributed by atoms with Gasteiger partial charge in [-0.2, -0.15) is 4.68 Å². The van der Waals surface area contributed by atoms with E-state index in [9.17, 15) is 9.18 Å². The molecule has 0 atom stereocenters. The summed E-state index contributed by atoms with van der Waals surface area (Å²) >= 11 is 0. The number of halogens is 1. The van der Waals surface area contributed by atoms with Gasteiger partial charge in [0.25, 0.3) is 11.6 Å². The highest BCUT2D eigenvalue weighted by Crippen LogP contribution is 2.31. The summed E-state index contributed by atoms with van der Waals surface area (Å²) in [4.78, 5) is 17.8. The van der Waals surface area contributed by atoms with Crippen LogP contribution in [0.1, 0.15) is 33.4 Å². The molecular formula is C22H18FN7O3. The average Bonchev–Trinajstić information content (AvgIpc) is 3.47. The van der Waals surface area contributed by atoms with E-state index >= 15 is 0 Å². The maximum absolute atomic E-state index is 14.4. The highest BCUT2D eigenvalue weighted by atomic mass is 19.1. The van der Waals surface area contributed by atoms with Crippen molar-refractivity contribution in [2.75, 3.05) is 5.32 Å². The lowest BCUT2D eigenvalue weighted by atomic mass is 10.1. The number of carbonyl (C=O) groups is 1. The fourth-order valence-electron chi connectivity index (χ4n) is 3.70. The Morgan fingerprint density at radius 1 is 1.12 bits per heavy atom. The maximum atomic E-state index is 14.4. The second-order valence-corrected chi connectivity index (χ2v) is 7.59. The number of carbonyl (C=O) groups excluding carboxylic acids is 1. The molecule has 0 radical (unpaired) electrons. The quantitative estimate of drug-likeness (QED) is 0.437. The Balaban J connectivity index is 1.57. The number of rotatable bonds is 4. The molecule has 5 aromatic rings. The van der Waals surface area contributed by atoms with Crippen molar-refractivity contribution in [1.29, 1.82) is 0 Å². The number of aryl methyl sites for hydroxylation is 4. The zero-order valence-electron chi connectivity index (χ0n) is 18.2. The molecule has 10 nitrogen and oxygen atoms in total. The van der Waals surface area contributed by atoms with Crippen molar-refractivity contribution in [2.24, 2.45) is 0 Å². The van der Waals surface area contributed by atoms with Crippen molar-refractivity contribution in [2.45, 2.75) is 27.7 Å². The number of hydrogen-bond donors (Lipinski definition) is 1. The number of fused-ring (bicyclic) bond motifs is 1. The fraction of sp³-hybridized carbons (Fsp3) is 0.182. The molecule has 166 valence electrons. The molecule has 4 aromatic heterocycles. The molecule has 11 heteroatoms. The van der Waals surface area contributed by atoms with Gasteiger partial charge in [0.2, 0.25) is 0 Å². The topological polar surface area (TPSA) is 125 Å². The van der Waals surface area contributed by atoms with Crippen LogP contribution in [-0.4, -0.2) is 36.3 Å². The zero-order chi connectivity index (χ0) is 23.3. The summed E-state index contributed by atoms with van der Waals surface area (Å²) in [6, 6.07) is 7.66. The zero-order valence-corrected chi connectivity index (χ0v) is 18.2. The molecule has 5 rings (SSSR count). The number of hydrogen-bond acceptors (Lipinski definition) is 8. The summed E-state index contributed by atoms with van der Waals surface area (Å²) in [5, 5.41) is 18.4. The van der Waals surface area contributed by atoms with E-state index < -0.39 is 11.7 Å². The number of nitrogens with one attached hydrogen (secondary N) is 1. The number of amides is 1. The summed E-state index contributed by atoms with van der Waals surface area (Å²) in [6.07, 6.45) is 0. The summed E-state index contributed by atoms with van der Waals surface area (Å²) in [5.74, 6) is 0.836. The third-order valence-corrected chi connectivity index (χ3v) is 5.24. The number of benzene rings is 1. The number of pyridine rings is 1. The Bertz CT molecular complexity index is 1530. The van der Waals surface area contributed by atoms with Crippen LogP contribution in [0.25, 0.3) is 28.0 Å². The molecule has 0 saturated carbocycles. The van der Waals surface area contributed by atoms with Gasteiger partial charge in [0.1, 0.15) is 23.0 Å². The van der Waals surface area contributed by atoms with E-state index in [0.717, 1.165) is 11.3 Å². The van der Waals surface area contributed by atoms with Crippen molar-refractivity contribution in [3.63, 3.8) is 0 Å². The lowest BCUT2D eigenvalue weighted by Gasteiger charge is -2.10. The Labute approximate surface area is 186 Å². The fourth-order valence-corrected chi connectivity index (χ4v) is 3.70. The van der Waals surface area contributed by atoms with E-state index in [1.165, 1.54) is 22.9 Å². The van der Waals surface area contributed by atoms with Crippen LogP contribution < -0.4 is 5.32 Å². The van der Waals surface area contributed by atoms with Gasteiger partial charge in [-0.05, 0) is 68.5 Å². The second kappa shape index (κ2) is 7.62. The molecule has 0 aliphatic carbocycles. The Hall–Kier alpha value is -4.41. The van der Waals surface area contributed by atoms with Crippen molar-refractivity contribution in [3.05, 3.63) is 64.8 Å². The third kappa shape index (κ3) is 3.53. The Morgan fingerprint density at radius 2 is 1.94 bits per heavy atom. The molecule has 0 aliphatic rings. The molecule has 0 saturated heterocycles. The Kier molecular flexibility index (Phi) is 4.73. The lowest BCUT2D eigenvalue weighted by Crippen LogP contribution is -2.14. The first kappa shape index (κ1) is 20.5. The summed E-state index contributed by atoms with van der Waals surface area (Å²) in [7, 11) is 0. The van der Waals surface area contributed by atoms with Crippen LogP contribution in [0, 0.1) is 33.5 Å². The molecule has 1 aromatic carbocycles. The highest BCUT2D eigenvalue weighted by Gasteiger charge is 2.21. The molecule has 1 N–H and O–H groups in total. The van der Waals surface area contributed by atoms with Gasteiger partial charge in [-0.3, -0.25) is 4.79 Å². The Morgan fingerprint density at radius 3 is 2.64 bits per heavy atom. The van der Waals surface area contributed by atoms with Crippen LogP contribution in [0.4, 0.5) is 10.1 Å². The van der Waals surface area contributed by atoms with E-state index in [-0.39, 0.29) is 11.4 Å². The van der Waals surface area contributed by atoms with Crippen LogP contribution in [0.3, 0.4) is 0 Å². The van der Waals surface area contributed by atoms with Gasteiger partial charge < -0.3 is 14.3 Å². The maximum Gasteiger partial charge on any atom is 0.259 e. The molecule has 0 unspecified atom stereocenters. The predicted molar refractivity (Wildman–Crippen MR) is 116 cm³/mol. The van der Waals surface area contributed by atoms with Gasteiger partial charge in [-0.1, -0.05) is 5.16 Å². The summed E-state index contributed by atoms with van der Waals surface area (Å²) in [5.41, 5.74) is 2.81. The SMILES string of the molecule is Cc1cc(-c2cc(C(=O)Nc3ccc(F)c(-n4nnnc4C)c3)c3c(C)noc3n2)c(C)o1. The van der Waals surface area contributed by atoms with Gasteiger partial charge in [0.05, 0.1) is 22.3 Å². The first-order valence-corrected chi connectivity index (χ1v) is 10.0. The van der Waals surface area contributed by atoms with Crippen LogP contribution in [0.15, 0.2) is 39.3 Å². The smallest absolute Gasteiger partial charge is 0.259 e. The largest absolute Gasteiger partial charge is 0.466 e. The number of tetrazole rings is 1. The molecule has 0 spiro atoms.